The molecule has 0 spiro atoms. The molecule has 180 valence electrons. The number of carbonyl (C=O) groups excluding carboxylic acids is 3. The Hall–Kier alpha value is -2.90. The molecule has 34 heavy (non-hydrogen) atoms. The summed E-state index contributed by atoms with van der Waals surface area (Å²) in [4.78, 5) is 42.3. The highest BCUT2D eigenvalue weighted by Gasteiger charge is 2.41. The van der Waals surface area contributed by atoms with Crippen LogP contribution < -0.4 is 0 Å². The van der Waals surface area contributed by atoms with E-state index in [4.69, 9.17) is 11.6 Å². The summed E-state index contributed by atoms with van der Waals surface area (Å²) in [7, 11) is 0. The van der Waals surface area contributed by atoms with Crippen molar-refractivity contribution in [2.45, 2.75) is 46.8 Å². The first kappa shape index (κ1) is 24.2. The number of aliphatic hydroxyl groups excluding tert-OH is 1. The third-order valence-electron chi connectivity index (χ3n) is 6.61. The summed E-state index contributed by atoms with van der Waals surface area (Å²) in [6.07, 6.45) is 0. The topological polar surface area (TPSA) is 81.2 Å². The van der Waals surface area contributed by atoms with Crippen LogP contribution in [0.5, 0.6) is 0 Å². The SMILES string of the molecule is CCN1C(=O)C(C)N(Cc2ccc(-c3cc(Cl)c4c(c3)CN(CC(C)(C)CO)C4=O)cc2)C1=O. The Morgan fingerprint density at radius 1 is 1.09 bits per heavy atom. The van der Waals surface area contributed by atoms with Gasteiger partial charge in [-0.2, -0.15) is 0 Å². The van der Waals surface area contributed by atoms with Crippen molar-refractivity contribution in [2.75, 3.05) is 19.7 Å². The van der Waals surface area contributed by atoms with Crippen LogP contribution in [0.25, 0.3) is 11.1 Å². The number of aliphatic hydroxyl groups is 1. The van der Waals surface area contributed by atoms with Crippen molar-refractivity contribution in [3.8, 4) is 11.1 Å². The zero-order valence-electron chi connectivity index (χ0n) is 20.0. The predicted octanol–water partition coefficient (Wildman–Crippen LogP) is 4.15. The van der Waals surface area contributed by atoms with Crippen molar-refractivity contribution in [1.29, 1.82) is 0 Å². The molecule has 2 aromatic rings. The van der Waals surface area contributed by atoms with Crippen LogP contribution in [0.2, 0.25) is 5.02 Å². The number of likely N-dealkylation sites (N-methyl/N-ethyl adjacent to an activating group) is 1. The second kappa shape index (κ2) is 9.04. The number of imide groups is 1. The molecule has 4 amide bonds. The smallest absolute Gasteiger partial charge is 0.327 e. The Morgan fingerprint density at radius 3 is 2.35 bits per heavy atom. The summed E-state index contributed by atoms with van der Waals surface area (Å²) in [6.45, 7) is 9.01. The van der Waals surface area contributed by atoms with E-state index in [9.17, 15) is 19.5 Å². The van der Waals surface area contributed by atoms with Gasteiger partial charge < -0.3 is 14.9 Å². The molecule has 0 aromatic heterocycles. The van der Waals surface area contributed by atoms with Gasteiger partial charge in [0.1, 0.15) is 6.04 Å². The van der Waals surface area contributed by atoms with Crippen LogP contribution in [0.15, 0.2) is 36.4 Å². The molecule has 7 nitrogen and oxygen atoms in total. The molecule has 1 unspecified atom stereocenters. The van der Waals surface area contributed by atoms with E-state index in [2.05, 4.69) is 0 Å². The number of hydrogen-bond donors (Lipinski definition) is 1. The van der Waals surface area contributed by atoms with Gasteiger partial charge in [-0.05, 0) is 48.2 Å². The summed E-state index contributed by atoms with van der Waals surface area (Å²) in [5, 5.41) is 10.00. The van der Waals surface area contributed by atoms with Crippen molar-refractivity contribution in [1.82, 2.24) is 14.7 Å². The van der Waals surface area contributed by atoms with Gasteiger partial charge in [-0.15, -0.1) is 0 Å². The van der Waals surface area contributed by atoms with Gasteiger partial charge in [0.25, 0.3) is 11.8 Å². The van der Waals surface area contributed by atoms with Crippen LogP contribution >= 0.6 is 11.6 Å². The maximum absolute atomic E-state index is 12.9. The molecule has 1 saturated heterocycles. The van der Waals surface area contributed by atoms with Crippen molar-refractivity contribution in [3.63, 3.8) is 0 Å². The molecule has 8 heteroatoms. The number of rotatable bonds is 7. The monoisotopic (exact) mass is 483 g/mol. The molecule has 1 N–H and O–H groups in total. The van der Waals surface area contributed by atoms with E-state index >= 15 is 0 Å². The lowest BCUT2D eigenvalue weighted by Gasteiger charge is -2.28. The van der Waals surface area contributed by atoms with E-state index in [1.807, 2.05) is 44.2 Å². The minimum atomic E-state index is -0.473. The van der Waals surface area contributed by atoms with Crippen molar-refractivity contribution >= 4 is 29.4 Å². The second-order valence-corrected chi connectivity index (χ2v) is 10.2. The molecule has 2 aromatic carbocycles. The van der Waals surface area contributed by atoms with Crippen LogP contribution in [0.3, 0.4) is 0 Å². The van der Waals surface area contributed by atoms with E-state index in [0.29, 0.717) is 36.8 Å². The molecule has 1 fully saturated rings. The van der Waals surface area contributed by atoms with Crippen molar-refractivity contribution in [2.24, 2.45) is 5.41 Å². The largest absolute Gasteiger partial charge is 0.396 e. The number of carbonyl (C=O) groups is 3. The van der Waals surface area contributed by atoms with Crippen LogP contribution in [-0.4, -0.2) is 63.4 Å². The van der Waals surface area contributed by atoms with E-state index < -0.39 is 11.5 Å². The Balaban J connectivity index is 1.53. The number of halogens is 1. The Bertz CT molecular complexity index is 1150. The molecule has 2 aliphatic rings. The van der Waals surface area contributed by atoms with Gasteiger partial charge in [-0.3, -0.25) is 14.5 Å². The lowest BCUT2D eigenvalue weighted by atomic mass is 9.94. The summed E-state index contributed by atoms with van der Waals surface area (Å²) >= 11 is 6.53. The van der Waals surface area contributed by atoms with Gasteiger partial charge in [0.2, 0.25) is 0 Å². The third-order valence-corrected chi connectivity index (χ3v) is 6.90. The van der Waals surface area contributed by atoms with Gasteiger partial charge in [0.05, 0.1) is 10.6 Å². The molecule has 2 heterocycles. The van der Waals surface area contributed by atoms with E-state index in [1.165, 1.54) is 4.90 Å². The highest BCUT2D eigenvalue weighted by atomic mass is 35.5. The fourth-order valence-corrected chi connectivity index (χ4v) is 4.91. The average Bonchev–Trinajstić information content (AvgIpc) is 3.22. The van der Waals surface area contributed by atoms with E-state index in [-0.39, 0.29) is 24.5 Å². The molecular formula is C26H30ClN3O4. The fraction of sp³-hybridized carbons (Fsp3) is 0.423. The number of amides is 4. The van der Waals surface area contributed by atoms with Gasteiger partial charge >= 0.3 is 6.03 Å². The summed E-state index contributed by atoms with van der Waals surface area (Å²) in [6, 6.07) is 10.9. The van der Waals surface area contributed by atoms with E-state index in [0.717, 1.165) is 22.3 Å². The lowest BCUT2D eigenvalue weighted by Crippen LogP contribution is -2.36. The van der Waals surface area contributed by atoms with Crippen molar-refractivity contribution < 1.29 is 19.5 Å². The van der Waals surface area contributed by atoms with Crippen LogP contribution in [0.4, 0.5) is 4.79 Å². The van der Waals surface area contributed by atoms with Gasteiger partial charge in [0, 0.05) is 38.2 Å². The van der Waals surface area contributed by atoms with Crippen LogP contribution in [-0.2, 0) is 17.9 Å². The third kappa shape index (κ3) is 4.30. The van der Waals surface area contributed by atoms with Gasteiger partial charge in [-0.1, -0.05) is 49.7 Å². The Morgan fingerprint density at radius 2 is 1.76 bits per heavy atom. The molecule has 0 radical (unpaired) electrons. The highest BCUT2D eigenvalue weighted by Crippen LogP contribution is 2.36. The first-order chi connectivity index (χ1) is 16.1. The van der Waals surface area contributed by atoms with Crippen molar-refractivity contribution in [3.05, 3.63) is 58.1 Å². The lowest BCUT2D eigenvalue weighted by molar-refractivity contribution is -0.127. The molecule has 1 atom stereocenters. The molecule has 0 aliphatic carbocycles. The Labute approximate surface area is 204 Å². The number of benzene rings is 2. The molecule has 0 bridgehead atoms. The average molecular weight is 484 g/mol. The summed E-state index contributed by atoms with van der Waals surface area (Å²) in [5.74, 6) is -0.272. The summed E-state index contributed by atoms with van der Waals surface area (Å²) < 4.78 is 0. The minimum Gasteiger partial charge on any atom is -0.396 e. The number of urea groups is 1. The Kier molecular flexibility index (Phi) is 6.44. The fourth-order valence-electron chi connectivity index (χ4n) is 4.59. The first-order valence-electron chi connectivity index (χ1n) is 11.5. The number of hydrogen-bond acceptors (Lipinski definition) is 4. The van der Waals surface area contributed by atoms with Gasteiger partial charge in [0.15, 0.2) is 0 Å². The standard InChI is InChI=1S/C26H30ClN3O4/c1-5-29-23(32)16(2)30(25(29)34)12-17-6-8-18(9-7-17)19-10-20-13-28(14-26(3,4)15-31)24(33)22(20)21(27)11-19/h6-11,16,31H,5,12-15H2,1-4H3. The second-order valence-electron chi connectivity index (χ2n) is 9.84. The maximum atomic E-state index is 12.9. The van der Waals surface area contributed by atoms with E-state index in [1.54, 1.807) is 29.7 Å². The van der Waals surface area contributed by atoms with Gasteiger partial charge in [-0.25, -0.2) is 4.79 Å². The molecular weight excluding hydrogens is 454 g/mol. The molecule has 2 aliphatic heterocycles. The normalized spacial score (nSPS) is 18.4. The number of nitrogens with zero attached hydrogens (tertiary/aromatic N) is 3. The maximum Gasteiger partial charge on any atom is 0.327 e. The molecule has 0 saturated carbocycles. The number of fused-ring (bicyclic) bond motifs is 1. The van der Waals surface area contributed by atoms with Crippen LogP contribution in [0.1, 0.15) is 49.2 Å². The zero-order chi connectivity index (χ0) is 24.8. The van der Waals surface area contributed by atoms with Crippen LogP contribution in [0, 0.1) is 5.41 Å². The predicted molar refractivity (Wildman–Crippen MR) is 130 cm³/mol. The zero-order valence-corrected chi connectivity index (χ0v) is 20.7. The highest BCUT2D eigenvalue weighted by molar-refractivity contribution is 6.34. The first-order valence-corrected chi connectivity index (χ1v) is 11.9. The quantitative estimate of drug-likeness (QED) is 0.600. The molecule has 4 rings (SSSR count). The summed E-state index contributed by atoms with van der Waals surface area (Å²) in [5.41, 5.74) is 3.79. The minimum absolute atomic E-state index is 0.00903.